The molecule has 0 bridgehead atoms. The number of halogens is 1. The van der Waals surface area contributed by atoms with Crippen LogP contribution in [-0.4, -0.2) is 49.1 Å². The Morgan fingerprint density at radius 3 is 2.43 bits per heavy atom. The SMILES string of the molecule is O=C(NC1CCCCC1)C1CN(C(=O)c2ccc(F)cc2)CC12CCOCC2. The van der Waals surface area contributed by atoms with Gasteiger partial charge < -0.3 is 15.0 Å². The van der Waals surface area contributed by atoms with E-state index in [9.17, 15) is 14.0 Å². The van der Waals surface area contributed by atoms with Crippen LogP contribution in [0.4, 0.5) is 4.39 Å². The summed E-state index contributed by atoms with van der Waals surface area (Å²) in [5.74, 6) is -0.603. The molecule has 3 aliphatic rings. The van der Waals surface area contributed by atoms with Crippen LogP contribution in [0, 0.1) is 17.2 Å². The summed E-state index contributed by atoms with van der Waals surface area (Å²) in [4.78, 5) is 28.0. The van der Waals surface area contributed by atoms with Crippen molar-refractivity contribution in [3.8, 4) is 0 Å². The van der Waals surface area contributed by atoms with E-state index in [1.165, 1.54) is 43.5 Å². The molecule has 4 rings (SSSR count). The molecule has 0 aromatic heterocycles. The normalized spacial score (nSPS) is 25.0. The summed E-state index contributed by atoms with van der Waals surface area (Å²) in [6.07, 6.45) is 7.27. The second kappa shape index (κ2) is 8.19. The van der Waals surface area contributed by atoms with Crippen molar-refractivity contribution < 1.29 is 18.7 Å². The molecule has 1 atom stereocenters. The summed E-state index contributed by atoms with van der Waals surface area (Å²) < 4.78 is 18.8. The Morgan fingerprint density at radius 1 is 1.07 bits per heavy atom. The first kappa shape index (κ1) is 19.4. The van der Waals surface area contributed by atoms with Crippen molar-refractivity contribution in [1.82, 2.24) is 10.2 Å². The summed E-state index contributed by atoms with van der Waals surface area (Å²) in [7, 11) is 0. The predicted octanol–water partition coefficient (Wildman–Crippen LogP) is 3.14. The zero-order valence-corrected chi connectivity index (χ0v) is 16.3. The third-order valence-electron chi connectivity index (χ3n) is 6.78. The fourth-order valence-electron chi connectivity index (χ4n) is 5.09. The van der Waals surface area contributed by atoms with Crippen LogP contribution in [0.15, 0.2) is 24.3 Å². The number of carbonyl (C=O) groups is 2. The van der Waals surface area contributed by atoms with Crippen molar-refractivity contribution in [2.75, 3.05) is 26.3 Å². The Morgan fingerprint density at radius 2 is 1.75 bits per heavy atom. The molecule has 0 radical (unpaired) electrons. The van der Waals surface area contributed by atoms with Gasteiger partial charge in [-0.2, -0.15) is 0 Å². The van der Waals surface area contributed by atoms with Crippen molar-refractivity contribution in [2.24, 2.45) is 11.3 Å². The summed E-state index contributed by atoms with van der Waals surface area (Å²) in [6.45, 7) is 2.25. The Bertz CT molecular complexity index is 709. The van der Waals surface area contributed by atoms with Crippen molar-refractivity contribution in [2.45, 2.75) is 51.0 Å². The first-order valence-corrected chi connectivity index (χ1v) is 10.5. The van der Waals surface area contributed by atoms with Gasteiger partial charge in [-0.05, 0) is 49.9 Å². The highest BCUT2D eigenvalue weighted by molar-refractivity contribution is 5.95. The lowest BCUT2D eigenvalue weighted by Gasteiger charge is -2.37. The quantitative estimate of drug-likeness (QED) is 0.865. The van der Waals surface area contributed by atoms with Crippen LogP contribution < -0.4 is 5.32 Å². The Balaban J connectivity index is 1.51. The molecule has 1 saturated carbocycles. The average Bonchev–Trinajstić information content (AvgIpc) is 3.08. The van der Waals surface area contributed by atoms with Crippen LogP contribution in [-0.2, 0) is 9.53 Å². The van der Waals surface area contributed by atoms with E-state index in [1.807, 2.05) is 0 Å². The Hall–Kier alpha value is -1.95. The Kier molecular flexibility index (Phi) is 5.67. The van der Waals surface area contributed by atoms with Crippen LogP contribution in [0.1, 0.15) is 55.3 Å². The van der Waals surface area contributed by atoms with E-state index in [0.29, 0.717) is 31.9 Å². The third-order valence-corrected chi connectivity index (χ3v) is 6.78. The lowest BCUT2D eigenvalue weighted by atomic mass is 9.71. The number of amides is 2. The number of benzene rings is 1. The summed E-state index contributed by atoms with van der Waals surface area (Å²) >= 11 is 0. The second-order valence-electron chi connectivity index (χ2n) is 8.56. The molecule has 1 aliphatic carbocycles. The van der Waals surface area contributed by atoms with Crippen molar-refractivity contribution >= 4 is 11.8 Å². The van der Waals surface area contributed by atoms with E-state index < -0.39 is 0 Å². The van der Waals surface area contributed by atoms with Crippen molar-refractivity contribution in [1.29, 1.82) is 0 Å². The van der Waals surface area contributed by atoms with E-state index in [0.717, 1.165) is 25.7 Å². The first-order chi connectivity index (χ1) is 13.6. The van der Waals surface area contributed by atoms with E-state index in [4.69, 9.17) is 4.74 Å². The number of hydrogen-bond donors (Lipinski definition) is 1. The molecular weight excluding hydrogens is 359 g/mol. The smallest absolute Gasteiger partial charge is 0.253 e. The van der Waals surface area contributed by atoms with Crippen LogP contribution >= 0.6 is 0 Å². The number of rotatable bonds is 3. The van der Waals surface area contributed by atoms with E-state index in [2.05, 4.69) is 5.32 Å². The summed E-state index contributed by atoms with van der Waals surface area (Å²) in [6, 6.07) is 5.91. The molecule has 1 N–H and O–H groups in total. The van der Waals surface area contributed by atoms with Gasteiger partial charge >= 0.3 is 0 Å². The average molecular weight is 388 g/mol. The molecule has 1 aromatic rings. The van der Waals surface area contributed by atoms with Crippen LogP contribution in [0.3, 0.4) is 0 Å². The van der Waals surface area contributed by atoms with Crippen molar-refractivity contribution in [3.63, 3.8) is 0 Å². The van der Waals surface area contributed by atoms with Gasteiger partial charge in [-0.1, -0.05) is 19.3 Å². The number of hydrogen-bond acceptors (Lipinski definition) is 3. The molecule has 2 heterocycles. The lowest BCUT2D eigenvalue weighted by Crippen LogP contribution is -2.47. The highest BCUT2D eigenvalue weighted by atomic mass is 19.1. The maximum atomic E-state index is 13.2. The van der Waals surface area contributed by atoms with Crippen LogP contribution in [0.5, 0.6) is 0 Å². The van der Waals surface area contributed by atoms with Gasteiger partial charge in [0.1, 0.15) is 5.82 Å². The number of likely N-dealkylation sites (tertiary alicyclic amines) is 1. The monoisotopic (exact) mass is 388 g/mol. The maximum Gasteiger partial charge on any atom is 0.253 e. The highest BCUT2D eigenvalue weighted by Crippen LogP contribution is 2.45. The molecule has 2 aliphatic heterocycles. The summed E-state index contributed by atoms with van der Waals surface area (Å²) in [5, 5.41) is 3.27. The minimum Gasteiger partial charge on any atom is -0.381 e. The zero-order chi connectivity index (χ0) is 19.6. The van der Waals surface area contributed by atoms with Gasteiger partial charge in [0.05, 0.1) is 5.92 Å². The van der Waals surface area contributed by atoms with E-state index >= 15 is 0 Å². The fraction of sp³-hybridized carbons (Fsp3) is 0.636. The van der Waals surface area contributed by atoms with Gasteiger partial charge in [0, 0.05) is 43.3 Å². The number of ether oxygens (including phenoxy) is 1. The molecule has 3 fully saturated rings. The number of nitrogens with one attached hydrogen (secondary N) is 1. The maximum absolute atomic E-state index is 13.2. The molecule has 152 valence electrons. The summed E-state index contributed by atoms with van der Waals surface area (Å²) in [5.41, 5.74) is 0.254. The number of carbonyl (C=O) groups excluding carboxylic acids is 2. The molecular formula is C22H29FN2O3. The number of nitrogens with zero attached hydrogens (tertiary/aromatic N) is 1. The molecule has 2 saturated heterocycles. The van der Waals surface area contributed by atoms with Gasteiger partial charge in [-0.25, -0.2) is 4.39 Å². The topological polar surface area (TPSA) is 58.6 Å². The molecule has 28 heavy (non-hydrogen) atoms. The molecule has 1 aromatic carbocycles. The van der Waals surface area contributed by atoms with Crippen LogP contribution in [0.2, 0.25) is 0 Å². The first-order valence-electron chi connectivity index (χ1n) is 10.5. The molecule has 1 spiro atoms. The Labute approximate surface area is 165 Å². The fourth-order valence-corrected chi connectivity index (χ4v) is 5.09. The van der Waals surface area contributed by atoms with Crippen molar-refractivity contribution in [3.05, 3.63) is 35.6 Å². The van der Waals surface area contributed by atoms with Gasteiger partial charge in [-0.3, -0.25) is 9.59 Å². The van der Waals surface area contributed by atoms with Gasteiger partial charge in [0.2, 0.25) is 5.91 Å². The van der Waals surface area contributed by atoms with E-state index in [-0.39, 0.29) is 35.0 Å². The minimum absolute atomic E-state index is 0.0863. The molecule has 1 unspecified atom stereocenters. The van der Waals surface area contributed by atoms with E-state index in [1.54, 1.807) is 4.90 Å². The largest absolute Gasteiger partial charge is 0.381 e. The molecule has 6 heteroatoms. The van der Waals surface area contributed by atoms with Gasteiger partial charge in [0.25, 0.3) is 5.91 Å². The highest BCUT2D eigenvalue weighted by Gasteiger charge is 2.52. The van der Waals surface area contributed by atoms with Gasteiger partial charge in [-0.15, -0.1) is 0 Å². The predicted molar refractivity (Wildman–Crippen MR) is 103 cm³/mol. The standard InChI is InChI=1S/C22H29FN2O3/c23-17-8-6-16(7-9-17)21(27)25-14-19(22(15-25)10-12-28-13-11-22)20(26)24-18-4-2-1-3-5-18/h6-9,18-19H,1-5,10-15H2,(H,24,26). The zero-order valence-electron chi connectivity index (χ0n) is 16.3. The second-order valence-corrected chi connectivity index (χ2v) is 8.56. The van der Waals surface area contributed by atoms with Gasteiger partial charge in [0.15, 0.2) is 0 Å². The lowest BCUT2D eigenvalue weighted by molar-refractivity contribution is -0.130. The third kappa shape index (κ3) is 3.93. The molecule has 2 amide bonds. The van der Waals surface area contributed by atoms with Crippen LogP contribution in [0.25, 0.3) is 0 Å². The minimum atomic E-state index is -0.358. The molecule has 5 nitrogen and oxygen atoms in total.